The number of aryl methyl sites for hydroxylation is 2. The minimum Gasteiger partial charge on any atom is -0.352 e. The van der Waals surface area contributed by atoms with Gasteiger partial charge in [-0.25, -0.2) is 9.38 Å². The zero-order valence-corrected chi connectivity index (χ0v) is 16.1. The SMILES string of the molecule is Cc1ccccc1[C@H]1NC(NCc2ccc(F)cc2)=N[C@H]1c1ccccc1C. The number of guanidine groups is 1. The van der Waals surface area contributed by atoms with E-state index in [1.54, 1.807) is 12.1 Å². The molecule has 0 aromatic heterocycles. The van der Waals surface area contributed by atoms with Crippen LogP contribution in [-0.4, -0.2) is 5.96 Å². The normalized spacial score (nSPS) is 18.5. The Labute approximate surface area is 165 Å². The Balaban J connectivity index is 1.61. The van der Waals surface area contributed by atoms with Gasteiger partial charge >= 0.3 is 0 Å². The van der Waals surface area contributed by atoms with Gasteiger partial charge in [0, 0.05) is 6.54 Å². The quantitative estimate of drug-likeness (QED) is 0.677. The van der Waals surface area contributed by atoms with Gasteiger partial charge in [0.25, 0.3) is 0 Å². The fourth-order valence-electron chi connectivity index (χ4n) is 3.71. The predicted octanol–water partition coefficient (Wildman–Crippen LogP) is 4.97. The molecule has 0 spiro atoms. The number of aliphatic imine (C=N–C) groups is 1. The Kier molecular flexibility index (Phi) is 5.11. The summed E-state index contributed by atoms with van der Waals surface area (Å²) in [6.45, 7) is 4.85. The van der Waals surface area contributed by atoms with E-state index >= 15 is 0 Å². The number of halogens is 1. The summed E-state index contributed by atoms with van der Waals surface area (Å²) in [5.41, 5.74) is 5.96. The van der Waals surface area contributed by atoms with Gasteiger partial charge in [0.15, 0.2) is 5.96 Å². The molecular formula is C24H24FN3. The maximum atomic E-state index is 13.1. The minimum atomic E-state index is -0.223. The molecule has 0 saturated heterocycles. The molecule has 1 aliphatic rings. The average molecular weight is 373 g/mol. The van der Waals surface area contributed by atoms with E-state index in [1.807, 2.05) is 0 Å². The molecule has 0 fully saturated rings. The lowest BCUT2D eigenvalue weighted by Crippen LogP contribution is -2.35. The van der Waals surface area contributed by atoms with Crippen molar-refractivity contribution in [1.29, 1.82) is 0 Å². The smallest absolute Gasteiger partial charge is 0.192 e. The lowest BCUT2D eigenvalue weighted by Gasteiger charge is -2.22. The molecule has 3 aromatic rings. The average Bonchev–Trinajstić information content (AvgIpc) is 3.12. The van der Waals surface area contributed by atoms with Crippen molar-refractivity contribution in [2.45, 2.75) is 32.5 Å². The third-order valence-corrected chi connectivity index (χ3v) is 5.28. The van der Waals surface area contributed by atoms with Gasteiger partial charge in [0.1, 0.15) is 11.9 Å². The highest BCUT2D eigenvalue weighted by molar-refractivity contribution is 5.83. The Hall–Kier alpha value is -3.14. The number of hydrogen-bond donors (Lipinski definition) is 2. The summed E-state index contributed by atoms with van der Waals surface area (Å²) in [7, 11) is 0. The van der Waals surface area contributed by atoms with Gasteiger partial charge in [0.2, 0.25) is 0 Å². The maximum absolute atomic E-state index is 13.1. The minimum absolute atomic E-state index is 0.00184. The second-order valence-electron chi connectivity index (χ2n) is 7.24. The van der Waals surface area contributed by atoms with Crippen molar-refractivity contribution >= 4 is 5.96 Å². The van der Waals surface area contributed by atoms with E-state index in [9.17, 15) is 4.39 Å². The van der Waals surface area contributed by atoms with E-state index in [4.69, 9.17) is 4.99 Å². The van der Waals surface area contributed by atoms with E-state index in [0.717, 1.165) is 11.5 Å². The van der Waals surface area contributed by atoms with E-state index < -0.39 is 0 Å². The van der Waals surface area contributed by atoms with Gasteiger partial charge < -0.3 is 10.6 Å². The number of rotatable bonds is 4. The van der Waals surface area contributed by atoms with Crippen molar-refractivity contribution < 1.29 is 4.39 Å². The molecule has 0 bridgehead atoms. The third-order valence-electron chi connectivity index (χ3n) is 5.28. The van der Waals surface area contributed by atoms with E-state index in [2.05, 4.69) is 73.0 Å². The molecule has 28 heavy (non-hydrogen) atoms. The van der Waals surface area contributed by atoms with Crippen LogP contribution in [0.15, 0.2) is 77.8 Å². The van der Waals surface area contributed by atoms with Crippen molar-refractivity contribution in [3.63, 3.8) is 0 Å². The Morgan fingerprint density at radius 2 is 1.46 bits per heavy atom. The highest BCUT2D eigenvalue weighted by Crippen LogP contribution is 2.38. The van der Waals surface area contributed by atoms with E-state index in [-0.39, 0.29) is 17.9 Å². The van der Waals surface area contributed by atoms with Crippen molar-refractivity contribution in [3.05, 3.63) is 106 Å². The third kappa shape index (κ3) is 3.77. The van der Waals surface area contributed by atoms with E-state index in [0.29, 0.717) is 6.54 Å². The number of nitrogens with zero attached hydrogens (tertiary/aromatic N) is 1. The van der Waals surface area contributed by atoms with Gasteiger partial charge in [-0.15, -0.1) is 0 Å². The first kappa shape index (κ1) is 18.2. The molecule has 3 nitrogen and oxygen atoms in total. The van der Waals surface area contributed by atoms with Crippen LogP contribution in [0.4, 0.5) is 4.39 Å². The van der Waals surface area contributed by atoms with Crippen molar-refractivity contribution in [2.75, 3.05) is 0 Å². The summed E-state index contributed by atoms with van der Waals surface area (Å²) in [4.78, 5) is 4.97. The fraction of sp³-hybridized carbons (Fsp3) is 0.208. The first-order valence-corrected chi connectivity index (χ1v) is 9.55. The fourth-order valence-corrected chi connectivity index (χ4v) is 3.71. The van der Waals surface area contributed by atoms with Crippen LogP contribution in [0.5, 0.6) is 0 Å². The number of benzene rings is 3. The summed E-state index contributed by atoms with van der Waals surface area (Å²) in [5.74, 6) is 0.546. The molecule has 0 aliphatic carbocycles. The standard InChI is InChI=1S/C24H24FN3/c1-16-7-3-5-9-20(16)22-23(21-10-6-4-8-17(21)2)28-24(27-22)26-15-18-11-13-19(25)14-12-18/h3-14,22-23H,15H2,1-2H3,(H2,26,27,28)/t22-,23+. The second kappa shape index (κ2) is 7.85. The molecule has 3 aromatic carbocycles. The van der Waals surface area contributed by atoms with Gasteiger partial charge in [0.05, 0.1) is 6.04 Å². The van der Waals surface area contributed by atoms with Crippen LogP contribution < -0.4 is 10.6 Å². The van der Waals surface area contributed by atoms with E-state index in [1.165, 1.54) is 34.4 Å². The molecule has 2 N–H and O–H groups in total. The molecule has 2 atom stereocenters. The molecule has 4 heteroatoms. The summed E-state index contributed by atoms with van der Waals surface area (Å²) in [5, 5.41) is 6.94. The lowest BCUT2D eigenvalue weighted by atomic mass is 9.90. The molecule has 4 rings (SSSR count). The van der Waals surface area contributed by atoms with Crippen LogP contribution >= 0.6 is 0 Å². The Bertz CT molecular complexity index is 995. The lowest BCUT2D eigenvalue weighted by molar-refractivity contribution is 0.565. The van der Waals surface area contributed by atoms with Crippen LogP contribution in [0.25, 0.3) is 0 Å². The topological polar surface area (TPSA) is 36.4 Å². The van der Waals surface area contributed by atoms with Crippen molar-refractivity contribution in [3.8, 4) is 0 Å². The summed E-state index contributed by atoms with van der Waals surface area (Å²) in [6, 6.07) is 23.4. The zero-order valence-electron chi connectivity index (χ0n) is 16.1. The largest absolute Gasteiger partial charge is 0.352 e. The van der Waals surface area contributed by atoms with Crippen molar-refractivity contribution in [2.24, 2.45) is 4.99 Å². The Morgan fingerprint density at radius 3 is 2.11 bits per heavy atom. The molecule has 0 unspecified atom stereocenters. The predicted molar refractivity (Wildman–Crippen MR) is 112 cm³/mol. The molecular weight excluding hydrogens is 349 g/mol. The zero-order chi connectivity index (χ0) is 19.5. The second-order valence-corrected chi connectivity index (χ2v) is 7.24. The van der Waals surface area contributed by atoms with Crippen LogP contribution in [0, 0.1) is 19.7 Å². The van der Waals surface area contributed by atoms with Crippen LogP contribution in [-0.2, 0) is 6.54 Å². The maximum Gasteiger partial charge on any atom is 0.192 e. The summed E-state index contributed by atoms with van der Waals surface area (Å²) in [6.07, 6.45) is 0. The van der Waals surface area contributed by atoms with Crippen LogP contribution in [0.3, 0.4) is 0 Å². The van der Waals surface area contributed by atoms with Gasteiger partial charge in [-0.05, 0) is 53.8 Å². The first-order valence-electron chi connectivity index (χ1n) is 9.55. The first-order chi connectivity index (χ1) is 13.6. The molecule has 1 aliphatic heterocycles. The van der Waals surface area contributed by atoms with Crippen LogP contribution in [0.2, 0.25) is 0 Å². The summed E-state index contributed by atoms with van der Waals surface area (Å²) >= 11 is 0. The molecule has 1 heterocycles. The molecule has 0 saturated carbocycles. The van der Waals surface area contributed by atoms with Gasteiger partial charge in [-0.2, -0.15) is 0 Å². The van der Waals surface area contributed by atoms with Gasteiger partial charge in [-0.1, -0.05) is 60.7 Å². The highest BCUT2D eigenvalue weighted by Gasteiger charge is 2.32. The molecule has 0 radical (unpaired) electrons. The monoisotopic (exact) mass is 373 g/mol. The molecule has 142 valence electrons. The highest BCUT2D eigenvalue weighted by atomic mass is 19.1. The van der Waals surface area contributed by atoms with Crippen molar-refractivity contribution in [1.82, 2.24) is 10.6 Å². The molecule has 0 amide bonds. The number of hydrogen-bond acceptors (Lipinski definition) is 3. The Morgan fingerprint density at radius 1 is 0.857 bits per heavy atom. The summed E-state index contributed by atoms with van der Waals surface area (Å²) < 4.78 is 13.1. The number of nitrogens with one attached hydrogen (secondary N) is 2. The van der Waals surface area contributed by atoms with Crippen LogP contribution in [0.1, 0.15) is 39.9 Å². The van der Waals surface area contributed by atoms with Gasteiger partial charge in [-0.3, -0.25) is 0 Å².